The Kier molecular flexibility index (Phi) is 14.1. The highest BCUT2D eigenvalue weighted by molar-refractivity contribution is 5.81. The third-order valence-electron chi connectivity index (χ3n) is 2.69. The Hall–Kier alpha value is -0.610. The van der Waals surface area contributed by atoms with Crippen molar-refractivity contribution in [1.82, 2.24) is 10.9 Å². The molecular weight excluding hydrogens is 224 g/mol. The zero-order valence-corrected chi connectivity index (χ0v) is 13.4. The summed E-state index contributed by atoms with van der Waals surface area (Å²) in [5.74, 6) is 5.73. The summed E-state index contributed by atoms with van der Waals surface area (Å²) in [6.07, 6.45) is 3.30. The van der Waals surface area contributed by atoms with E-state index in [2.05, 4.69) is 57.5 Å². The zero-order valence-electron chi connectivity index (χ0n) is 13.4. The smallest absolute Gasteiger partial charge is 0.0409 e. The Morgan fingerprint density at radius 3 is 1.83 bits per heavy atom. The van der Waals surface area contributed by atoms with Crippen molar-refractivity contribution in [2.24, 2.45) is 16.9 Å². The van der Waals surface area contributed by atoms with Crippen LogP contribution >= 0.6 is 0 Å². The van der Waals surface area contributed by atoms with Crippen molar-refractivity contribution in [3.63, 3.8) is 0 Å². The molecule has 18 heavy (non-hydrogen) atoms. The molecule has 4 heteroatoms. The van der Waals surface area contributed by atoms with E-state index in [9.17, 15) is 0 Å². The van der Waals surface area contributed by atoms with E-state index in [4.69, 9.17) is 5.84 Å². The molecule has 0 saturated carbocycles. The lowest BCUT2D eigenvalue weighted by Crippen LogP contribution is -2.31. The third kappa shape index (κ3) is 15.4. The second-order valence-corrected chi connectivity index (χ2v) is 5.36. The fourth-order valence-corrected chi connectivity index (χ4v) is 1.07. The second-order valence-electron chi connectivity index (χ2n) is 5.36. The van der Waals surface area contributed by atoms with Crippen LogP contribution in [0.2, 0.25) is 0 Å². The maximum Gasteiger partial charge on any atom is 0.0409 e. The minimum atomic E-state index is 0.463. The highest BCUT2D eigenvalue weighted by atomic mass is 15.3. The number of hydrogen-bond donors (Lipinski definition) is 3. The van der Waals surface area contributed by atoms with Crippen LogP contribution in [0.4, 0.5) is 0 Å². The van der Waals surface area contributed by atoms with Gasteiger partial charge in [0.05, 0.1) is 0 Å². The van der Waals surface area contributed by atoms with E-state index in [-0.39, 0.29) is 0 Å². The minimum absolute atomic E-state index is 0.463. The Balaban J connectivity index is 0. The Bertz CT molecular complexity index is 198. The average molecular weight is 258 g/mol. The largest absolute Gasteiger partial charge is 0.307 e. The molecule has 0 aromatic heterocycles. The van der Waals surface area contributed by atoms with Gasteiger partial charge in [-0.1, -0.05) is 27.7 Å². The third-order valence-corrected chi connectivity index (χ3v) is 2.69. The Morgan fingerprint density at radius 1 is 1.06 bits per heavy atom. The molecule has 0 radical (unpaired) electrons. The highest BCUT2D eigenvalue weighted by Gasteiger charge is 1.98. The molecule has 0 bridgehead atoms. The maximum atomic E-state index is 5.03. The van der Waals surface area contributed by atoms with Crippen LogP contribution < -0.4 is 16.7 Å². The normalized spacial score (nSPS) is 14.8. The van der Waals surface area contributed by atoms with Gasteiger partial charge in [0.1, 0.15) is 0 Å². The van der Waals surface area contributed by atoms with Gasteiger partial charge in [0.25, 0.3) is 0 Å². The molecule has 2 unspecified atom stereocenters. The van der Waals surface area contributed by atoms with E-state index >= 15 is 0 Å². The predicted octanol–water partition coefficient (Wildman–Crippen LogP) is 3.04. The van der Waals surface area contributed by atoms with Crippen molar-refractivity contribution in [2.75, 3.05) is 0 Å². The quantitative estimate of drug-likeness (QED) is 0.374. The summed E-state index contributed by atoms with van der Waals surface area (Å²) in [4.78, 5) is 0. The summed E-state index contributed by atoms with van der Waals surface area (Å²) in [7, 11) is 0. The first kappa shape index (κ1) is 19.7. The van der Waals surface area contributed by atoms with Gasteiger partial charge in [-0.2, -0.15) is 5.10 Å². The number of rotatable bonds is 7. The number of hydrazine groups is 1. The molecule has 4 N–H and O–H groups in total. The predicted molar refractivity (Wildman–Crippen MR) is 82.5 cm³/mol. The lowest BCUT2D eigenvalue weighted by atomic mass is 10.1. The first-order valence-corrected chi connectivity index (χ1v) is 7.12. The highest BCUT2D eigenvalue weighted by Crippen LogP contribution is 2.00. The summed E-state index contributed by atoms with van der Waals surface area (Å²) in [5.41, 5.74) is 6.94. The summed E-state index contributed by atoms with van der Waals surface area (Å²) in [5, 5.41) is 4.30. The first-order chi connectivity index (χ1) is 8.37. The lowest BCUT2D eigenvalue weighted by molar-refractivity contribution is 0.553. The summed E-state index contributed by atoms with van der Waals surface area (Å²) >= 11 is 0. The number of nitrogens with one attached hydrogen (secondary N) is 2. The van der Waals surface area contributed by atoms with Gasteiger partial charge in [-0.05, 0) is 46.0 Å². The van der Waals surface area contributed by atoms with Crippen molar-refractivity contribution in [2.45, 2.75) is 79.8 Å². The molecule has 0 aromatic rings. The van der Waals surface area contributed by atoms with Crippen molar-refractivity contribution < 1.29 is 0 Å². The molecule has 0 heterocycles. The molecule has 0 aliphatic carbocycles. The van der Waals surface area contributed by atoms with Crippen LogP contribution in [0, 0.1) is 5.92 Å². The van der Waals surface area contributed by atoms with Gasteiger partial charge in [0.2, 0.25) is 0 Å². The molecule has 0 saturated heterocycles. The molecule has 0 fully saturated rings. The number of hydrazone groups is 1. The van der Waals surface area contributed by atoms with E-state index in [1.54, 1.807) is 0 Å². The van der Waals surface area contributed by atoms with Crippen molar-refractivity contribution >= 4 is 5.71 Å². The number of nitrogens with two attached hydrogens (primary N) is 1. The first-order valence-electron chi connectivity index (χ1n) is 7.12. The SMILES string of the molecule is CCC(C)NN.CCC(C)NN=C(C)CC(C)C. The van der Waals surface area contributed by atoms with Crippen LogP contribution in [-0.2, 0) is 0 Å². The minimum Gasteiger partial charge on any atom is -0.307 e. The standard InChI is InChI=1S/C10H22N2.C4H12N2/c1-6-9(4)11-12-10(5)7-8(2)3;1-3-4(2)6-5/h8-9,11H,6-7H2,1-5H3;4,6H,3,5H2,1-2H3. The van der Waals surface area contributed by atoms with E-state index < -0.39 is 0 Å². The second kappa shape index (κ2) is 12.8. The maximum absolute atomic E-state index is 5.03. The molecule has 0 rings (SSSR count). The van der Waals surface area contributed by atoms with E-state index in [0.717, 1.165) is 19.3 Å². The van der Waals surface area contributed by atoms with Crippen LogP contribution in [-0.4, -0.2) is 17.8 Å². The van der Waals surface area contributed by atoms with Crippen LogP contribution in [0.1, 0.15) is 67.7 Å². The van der Waals surface area contributed by atoms with E-state index in [1.807, 2.05) is 6.92 Å². The van der Waals surface area contributed by atoms with Gasteiger partial charge in [-0.15, -0.1) is 0 Å². The van der Waals surface area contributed by atoms with Crippen LogP contribution in [0.3, 0.4) is 0 Å². The molecule has 0 aliphatic heterocycles. The topological polar surface area (TPSA) is 62.4 Å². The summed E-state index contributed by atoms with van der Waals surface area (Å²) < 4.78 is 0. The zero-order chi connectivity index (χ0) is 14.6. The summed E-state index contributed by atoms with van der Waals surface area (Å²) in [6.45, 7) is 14.9. The van der Waals surface area contributed by atoms with Crippen LogP contribution in [0.15, 0.2) is 5.10 Å². The molecule has 0 aliphatic rings. The van der Waals surface area contributed by atoms with E-state index in [0.29, 0.717) is 18.0 Å². The Morgan fingerprint density at radius 2 is 1.56 bits per heavy atom. The molecule has 0 aromatic carbocycles. The van der Waals surface area contributed by atoms with Gasteiger partial charge >= 0.3 is 0 Å². The lowest BCUT2D eigenvalue weighted by Gasteiger charge is -2.09. The van der Waals surface area contributed by atoms with Gasteiger partial charge in [-0.25, -0.2) is 0 Å². The molecule has 2 atom stereocenters. The average Bonchev–Trinajstić information content (AvgIpc) is 2.34. The Labute approximate surface area is 114 Å². The number of hydrogen-bond acceptors (Lipinski definition) is 4. The molecule has 4 nitrogen and oxygen atoms in total. The van der Waals surface area contributed by atoms with Gasteiger partial charge < -0.3 is 5.43 Å². The fourth-order valence-electron chi connectivity index (χ4n) is 1.07. The molecule has 110 valence electrons. The summed E-state index contributed by atoms with van der Waals surface area (Å²) in [6, 6.07) is 0.956. The number of nitrogens with zero attached hydrogens (tertiary/aromatic N) is 1. The van der Waals surface area contributed by atoms with Gasteiger partial charge in [0, 0.05) is 17.8 Å². The van der Waals surface area contributed by atoms with Gasteiger partial charge in [-0.3, -0.25) is 11.3 Å². The molecule has 0 amide bonds. The monoisotopic (exact) mass is 258 g/mol. The van der Waals surface area contributed by atoms with Crippen LogP contribution in [0.5, 0.6) is 0 Å². The fraction of sp³-hybridized carbons (Fsp3) is 0.929. The van der Waals surface area contributed by atoms with Gasteiger partial charge in [0.15, 0.2) is 0 Å². The van der Waals surface area contributed by atoms with Crippen LogP contribution in [0.25, 0.3) is 0 Å². The van der Waals surface area contributed by atoms with Crippen molar-refractivity contribution in [1.29, 1.82) is 0 Å². The molecule has 0 spiro atoms. The van der Waals surface area contributed by atoms with Crippen molar-refractivity contribution in [3.05, 3.63) is 0 Å². The van der Waals surface area contributed by atoms with Crippen molar-refractivity contribution in [3.8, 4) is 0 Å². The van der Waals surface area contributed by atoms with E-state index in [1.165, 1.54) is 5.71 Å². The molecular formula is C14H34N4.